The number of carbonyl (C=O) groups is 2. The lowest BCUT2D eigenvalue weighted by Gasteiger charge is -2.28. The molecule has 2 atom stereocenters. The Balaban J connectivity index is 2.52. The van der Waals surface area contributed by atoms with Gasteiger partial charge in [0.15, 0.2) is 6.10 Å². The highest BCUT2D eigenvalue weighted by Gasteiger charge is 2.34. The number of hydrogen-bond donors (Lipinski definition) is 0. The zero-order valence-electron chi connectivity index (χ0n) is 11.6. The first-order chi connectivity index (χ1) is 8.84. The molecule has 0 aromatic carbocycles. The molecule has 1 fully saturated rings. The second-order valence-electron chi connectivity index (χ2n) is 4.64. The van der Waals surface area contributed by atoms with Gasteiger partial charge in [-0.1, -0.05) is 6.58 Å². The average molecular weight is 272 g/mol. The van der Waals surface area contributed by atoms with Gasteiger partial charge in [0.1, 0.15) is 6.61 Å². The Morgan fingerprint density at radius 3 is 2.68 bits per heavy atom. The van der Waals surface area contributed by atoms with Crippen molar-refractivity contribution in [3.8, 4) is 0 Å². The third kappa shape index (κ3) is 5.00. The van der Waals surface area contributed by atoms with E-state index in [0.29, 0.717) is 13.2 Å². The molecule has 1 rings (SSSR count). The minimum absolute atomic E-state index is 0.153. The summed E-state index contributed by atoms with van der Waals surface area (Å²) in [7, 11) is 0. The van der Waals surface area contributed by atoms with E-state index in [0.717, 1.165) is 6.42 Å². The van der Waals surface area contributed by atoms with Crippen LogP contribution in [0.1, 0.15) is 27.2 Å². The summed E-state index contributed by atoms with van der Waals surface area (Å²) in [4.78, 5) is 23.1. The minimum atomic E-state index is -1.14. The minimum Gasteiger partial charge on any atom is -0.447 e. The summed E-state index contributed by atoms with van der Waals surface area (Å²) < 4.78 is 20.8. The maximum atomic E-state index is 11.8. The average Bonchev–Trinajstić information content (AvgIpc) is 2.53. The van der Waals surface area contributed by atoms with E-state index < -0.39 is 23.8 Å². The summed E-state index contributed by atoms with van der Waals surface area (Å²) in [6.45, 7) is 9.15. The van der Waals surface area contributed by atoms with Crippen molar-refractivity contribution in [1.29, 1.82) is 0 Å². The molecule has 0 bridgehead atoms. The maximum Gasteiger partial charge on any atom is 0.349 e. The Morgan fingerprint density at radius 1 is 1.37 bits per heavy atom. The van der Waals surface area contributed by atoms with Crippen LogP contribution in [0, 0.1) is 0 Å². The molecule has 1 aliphatic rings. The first-order valence-corrected chi connectivity index (χ1v) is 6.15. The number of rotatable bonds is 4. The Hall–Kier alpha value is -1.40. The van der Waals surface area contributed by atoms with Gasteiger partial charge in [0.05, 0.1) is 6.61 Å². The first-order valence-electron chi connectivity index (χ1n) is 6.15. The van der Waals surface area contributed by atoms with E-state index in [2.05, 4.69) is 6.58 Å². The Kier molecular flexibility index (Phi) is 5.50. The summed E-state index contributed by atoms with van der Waals surface area (Å²) in [5.74, 6) is -2.45. The fourth-order valence-electron chi connectivity index (χ4n) is 1.41. The van der Waals surface area contributed by atoms with Gasteiger partial charge in [-0.05, 0) is 20.3 Å². The largest absolute Gasteiger partial charge is 0.447 e. The number of esters is 2. The molecular weight excluding hydrogens is 252 g/mol. The van der Waals surface area contributed by atoms with Gasteiger partial charge in [0.2, 0.25) is 5.79 Å². The van der Waals surface area contributed by atoms with Crippen molar-refractivity contribution in [2.75, 3.05) is 19.8 Å². The maximum absolute atomic E-state index is 11.8. The van der Waals surface area contributed by atoms with Crippen LogP contribution in [0.5, 0.6) is 0 Å². The van der Waals surface area contributed by atoms with Gasteiger partial charge < -0.3 is 18.9 Å². The Labute approximate surface area is 112 Å². The van der Waals surface area contributed by atoms with Crippen LogP contribution in [0.3, 0.4) is 0 Å². The topological polar surface area (TPSA) is 71.1 Å². The van der Waals surface area contributed by atoms with Gasteiger partial charge >= 0.3 is 11.9 Å². The molecule has 1 saturated heterocycles. The molecule has 1 aliphatic heterocycles. The van der Waals surface area contributed by atoms with Crippen LogP contribution in [0.2, 0.25) is 0 Å². The number of carbonyl (C=O) groups excluding carboxylic acids is 2. The van der Waals surface area contributed by atoms with Gasteiger partial charge in [-0.15, -0.1) is 0 Å². The predicted molar refractivity (Wildman–Crippen MR) is 66.3 cm³/mol. The normalized spacial score (nSPS) is 25.0. The van der Waals surface area contributed by atoms with E-state index in [9.17, 15) is 9.59 Å². The second kappa shape index (κ2) is 6.68. The molecule has 108 valence electrons. The van der Waals surface area contributed by atoms with Crippen molar-refractivity contribution in [1.82, 2.24) is 0 Å². The van der Waals surface area contributed by atoms with E-state index in [1.165, 1.54) is 13.8 Å². The smallest absolute Gasteiger partial charge is 0.349 e. The number of hydrogen-bond acceptors (Lipinski definition) is 6. The molecule has 0 saturated carbocycles. The van der Waals surface area contributed by atoms with Gasteiger partial charge in [0, 0.05) is 19.1 Å². The van der Waals surface area contributed by atoms with Gasteiger partial charge in [0.25, 0.3) is 0 Å². The molecule has 6 heteroatoms. The number of ether oxygens (including phenoxy) is 4. The SMILES string of the molecule is C=C(C)C(=O)OC(C)C(=O)OC1(C)COCCCO1. The van der Waals surface area contributed by atoms with Crippen molar-refractivity contribution in [3.63, 3.8) is 0 Å². The zero-order chi connectivity index (χ0) is 14.5. The van der Waals surface area contributed by atoms with Crippen molar-refractivity contribution in [2.24, 2.45) is 0 Å². The summed E-state index contributed by atoms with van der Waals surface area (Å²) in [6.07, 6.45) is -0.277. The molecule has 2 unspecified atom stereocenters. The summed E-state index contributed by atoms with van der Waals surface area (Å²) in [5.41, 5.74) is 0.222. The molecule has 1 heterocycles. The molecule has 19 heavy (non-hydrogen) atoms. The van der Waals surface area contributed by atoms with Gasteiger partial charge in [-0.25, -0.2) is 9.59 Å². The molecule has 0 aliphatic carbocycles. The molecule has 0 spiro atoms. The molecule has 0 N–H and O–H groups in total. The lowest BCUT2D eigenvalue weighted by molar-refractivity contribution is -0.238. The molecule has 0 amide bonds. The Morgan fingerprint density at radius 2 is 2.05 bits per heavy atom. The Bertz CT molecular complexity index is 354. The summed E-state index contributed by atoms with van der Waals surface area (Å²) in [5, 5.41) is 0. The van der Waals surface area contributed by atoms with Crippen molar-refractivity contribution < 1.29 is 28.5 Å². The summed E-state index contributed by atoms with van der Waals surface area (Å²) >= 11 is 0. The highest BCUT2D eigenvalue weighted by Crippen LogP contribution is 2.18. The fourth-order valence-corrected chi connectivity index (χ4v) is 1.41. The van der Waals surface area contributed by atoms with Crippen molar-refractivity contribution in [3.05, 3.63) is 12.2 Å². The van der Waals surface area contributed by atoms with E-state index in [-0.39, 0.29) is 12.2 Å². The van der Waals surface area contributed by atoms with E-state index >= 15 is 0 Å². The monoisotopic (exact) mass is 272 g/mol. The van der Waals surface area contributed by atoms with E-state index in [1.54, 1.807) is 6.92 Å². The van der Waals surface area contributed by atoms with Crippen LogP contribution >= 0.6 is 0 Å². The van der Waals surface area contributed by atoms with Crippen LogP contribution in [0.4, 0.5) is 0 Å². The second-order valence-corrected chi connectivity index (χ2v) is 4.64. The van der Waals surface area contributed by atoms with Crippen molar-refractivity contribution >= 4 is 11.9 Å². The van der Waals surface area contributed by atoms with Crippen LogP contribution in [0.15, 0.2) is 12.2 Å². The van der Waals surface area contributed by atoms with Crippen LogP contribution < -0.4 is 0 Å². The predicted octanol–water partition coefficient (Wildman–Crippen LogP) is 1.19. The first kappa shape index (κ1) is 15.7. The lowest BCUT2D eigenvalue weighted by atomic mass is 10.3. The zero-order valence-corrected chi connectivity index (χ0v) is 11.6. The molecular formula is C13H20O6. The highest BCUT2D eigenvalue weighted by molar-refractivity contribution is 5.89. The van der Waals surface area contributed by atoms with Gasteiger partial charge in [-0.2, -0.15) is 0 Å². The molecule has 0 aromatic heterocycles. The van der Waals surface area contributed by atoms with Crippen LogP contribution in [-0.4, -0.2) is 43.7 Å². The molecule has 0 aromatic rings. The fraction of sp³-hybridized carbons (Fsp3) is 0.692. The quantitative estimate of drug-likeness (QED) is 0.565. The standard InChI is InChI=1S/C13H20O6/c1-9(2)11(14)18-10(3)12(15)19-13(4)8-16-6-5-7-17-13/h10H,1,5-8H2,2-4H3. The van der Waals surface area contributed by atoms with Crippen LogP contribution in [0.25, 0.3) is 0 Å². The summed E-state index contributed by atoms with van der Waals surface area (Å²) in [6, 6.07) is 0. The van der Waals surface area contributed by atoms with Crippen molar-refractivity contribution in [2.45, 2.75) is 39.1 Å². The van der Waals surface area contributed by atoms with Crippen LogP contribution in [-0.2, 0) is 28.5 Å². The van der Waals surface area contributed by atoms with E-state index in [1.807, 2.05) is 0 Å². The highest BCUT2D eigenvalue weighted by atomic mass is 16.7. The van der Waals surface area contributed by atoms with E-state index in [4.69, 9.17) is 18.9 Å². The molecule has 0 radical (unpaired) electrons. The third-order valence-electron chi connectivity index (χ3n) is 2.49. The lowest BCUT2D eigenvalue weighted by Crippen LogP contribution is -2.42. The molecule has 6 nitrogen and oxygen atoms in total. The van der Waals surface area contributed by atoms with Gasteiger partial charge in [-0.3, -0.25) is 0 Å². The third-order valence-corrected chi connectivity index (χ3v) is 2.49.